The van der Waals surface area contributed by atoms with E-state index >= 15 is 0 Å². The summed E-state index contributed by atoms with van der Waals surface area (Å²) in [5.74, 6) is 0. The van der Waals surface area contributed by atoms with Gasteiger partial charge in [-0.1, -0.05) is 0 Å². The van der Waals surface area contributed by atoms with Crippen LogP contribution in [0.2, 0.25) is 0 Å². The summed E-state index contributed by atoms with van der Waals surface area (Å²) >= 11 is 0. The summed E-state index contributed by atoms with van der Waals surface area (Å²) in [6.45, 7) is 0. The van der Waals surface area contributed by atoms with Gasteiger partial charge in [0.2, 0.25) is 0 Å². The smallest absolute Gasteiger partial charge is 0.412 e. The van der Waals surface area contributed by atoms with Crippen LogP contribution in [0.1, 0.15) is 0 Å². The van der Waals surface area contributed by atoms with Gasteiger partial charge in [-0.05, 0) is 0 Å². The van der Waals surface area contributed by atoms with Crippen LogP contribution in [0.25, 0.3) is 0 Å². The van der Waals surface area contributed by atoms with E-state index in [2.05, 4.69) is 0 Å². The zero-order chi connectivity index (χ0) is 0. The predicted octanol–water partition coefficient (Wildman–Crippen LogP) is -10.9. The number of hydrogen-bond donors (Lipinski definition) is 0. The summed E-state index contributed by atoms with van der Waals surface area (Å²) in [4.78, 5) is 0. The summed E-state index contributed by atoms with van der Waals surface area (Å²) < 4.78 is 0. The second kappa shape index (κ2) is 156. The molecule has 0 heterocycles. The molecule has 9 heteroatoms. The normalized spacial score (nSPS) is 0. The molecule has 0 saturated heterocycles. The van der Waals surface area contributed by atoms with Gasteiger partial charge >= 0.3 is 59.1 Å². The Bertz CT molecular complexity index is 11.0. The molecule has 6 nitrogen and oxygen atoms in total. The molecule has 0 unspecified atom stereocenters. The van der Waals surface area contributed by atoms with Crippen molar-refractivity contribution < 1.29 is 113 Å². The maximum atomic E-state index is 0. The van der Waals surface area contributed by atoms with E-state index in [1.54, 1.807) is 0 Å². The molecule has 54 valence electrons. The van der Waals surface area contributed by atoms with E-state index in [0.717, 1.165) is 0 Å². The third-order valence-corrected chi connectivity index (χ3v) is 0. The van der Waals surface area contributed by atoms with Crippen LogP contribution in [0.15, 0.2) is 0 Å². The van der Waals surface area contributed by atoms with Gasteiger partial charge < -0.3 is 32.9 Å². The standard InChI is InChI=1S/Mo.2Na.6H2O/h;;;6*1H2/q;2*+1;;;;;;. The van der Waals surface area contributed by atoms with Crippen molar-refractivity contribution in [3.8, 4) is 0 Å². The molecule has 12 N–H and O–H groups in total. The molecule has 9 heavy (non-hydrogen) atoms. The molecular formula is H12MoNa2O6+2. The van der Waals surface area contributed by atoms with Crippen LogP contribution in [0.3, 0.4) is 0 Å². The average Bonchev–Trinajstić information content (AvgIpc) is 0. The third kappa shape index (κ3) is 124. The summed E-state index contributed by atoms with van der Waals surface area (Å²) in [6.07, 6.45) is 0. The van der Waals surface area contributed by atoms with Crippen molar-refractivity contribution in [3.63, 3.8) is 0 Å². The molecule has 0 atom stereocenters. The van der Waals surface area contributed by atoms with Crippen LogP contribution in [0, 0.1) is 0 Å². The van der Waals surface area contributed by atoms with E-state index in [1.807, 2.05) is 0 Å². The Morgan fingerprint density at radius 2 is 0.333 bits per heavy atom. The SMILES string of the molecule is O.O.O.O.O.O.[Mo].[Na+].[Na+]. The molecule has 0 aromatic carbocycles. The van der Waals surface area contributed by atoms with Gasteiger partial charge in [0, 0.05) is 21.1 Å². The van der Waals surface area contributed by atoms with Crippen LogP contribution in [0.5, 0.6) is 0 Å². The Morgan fingerprint density at radius 3 is 0.333 bits per heavy atom. The van der Waals surface area contributed by atoms with E-state index in [4.69, 9.17) is 0 Å². The van der Waals surface area contributed by atoms with E-state index in [1.165, 1.54) is 0 Å². The Labute approximate surface area is 111 Å². The maximum absolute atomic E-state index is 0. The molecule has 0 amide bonds. The molecule has 0 rings (SSSR count). The largest absolute Gasteiger partial charge is 1.00 e. The van der Waals surface area contributed by atoms with Gasteiger partial charge in [0.15, 0.2) is 0 Å². The Hall–Kier alpha value is 2.45. The van der Waals surface area contributed by atoms with Crippen molar-refractivity contribution in [2.75, 3.05) is 0 Å². The fourth-order valence-electron chi connectivity index (χ4n) is 0. The fraction of sp³-hybridized carbons (Fsp3) is 0. The number of rotatable bonds is 0. The van der Waals surface area contributed by atoms with Gasteiger partial charge in [-0.15, -0.1) is 0 Å². The minimum absolute atomic E-state index is 0. The first kappa shape index (κ1) is 208. The average molecular weight is 250 g/mol. The quantitative estimate of drug-likeness (QED) is 0.369. The van der Waals surface area contributed by atoms with Crippen LogP contribution >= 0.6 is 0 Å². The van der Waals surface area contributed by atoms with Gasteiger partial charge in [0.1, 0.15) is 0 Å². The molecule has 0 aromatic heterocycles. The monoisotopic (exact) mass is 252 g/mol. The van der Waals surface area contributed by atoms with Crippen molar-refractivity contribution in [3.05, 3.63) is 0 Å². The van der Waals surface area contributed by atoms with E-state index < -0.39 is 0 Å². The molecule has 0 bridgehead atoms. The zero-order valence-corrected chi connectivity index (χ0v) is 11.4. The fourth-order valence-corrected chi connectivity index (χ4v) is 0. The summed E-state index contributed by atoms with van der Waals surface area (Å²) in [5.41, 5.74) is 0. The second-order valence-corrected chi connectivity index (χ2v) is 0. The summed E-state index contributed by atoms with van der Waals surface area (Å²) in [6, 6.07) is 0. The zero-order valence-electron chi connectivity index (χ0n) is 5.41. The molecule has 0 radical (unpaired) electrons. The molecule has 0 saturated carbocycles. The first-order valence-corrected chi connectivity index (χ1v) is 0. The Morgan fingerprint density at radius 1 is 0.333 bits per heavy atom. The molecule has 0 fully saturated rings. The van der Waals surface area contributed by atoms with Gasteiger partial charge in [-0.3, -0.25) is 0 Å². The van der Waals surface area contributed by atoms with Gasteiger partial charge in [-0.25, -0.2) is 0 Å². The van der Waals surface area contributed by atoms with Gasteiger partial charge in [0.05, 0.1) is 0 Å². The second-order valence-electron chi connectivity index (χ2n) is 0. The molecule has 0 aliphatic heterocycles. The first-order valence-electron chi connectivity index (χ1n) is 0. The maximum Gasteiger partial charge on any atom is 1.00 e. The van der Waals surface area contributed by atoms with Crippen molar-refractivity contribution in [1.29, 1.82) is 0 Å². The minimum atomic E-state index is 0. The van der Waals surface area contributed by atoms with E-state index in [9.17, 15) is 0 Å². The van der Waals surface area contributed by atoms with Gasteiger partial charge in [-0.2, -0.15) is 0 Å². The molecule has 0 spiro atoms. The predicted molar refractivity (Wildman–Crippen MR) is 21.7 cm³/mol. The third-order valence-electron chi connectivity index (χ3n) is 0. The summed E-state index contributed by atoms with van der Waals surface area (Å²) in [7, 11) is 0. The summed E-state index contributed by atoms with van der Waals surface area (Å²) in [5, 5.41) is 0. The van der Waals surface area contributed by atoms with Gasteiger partial charge in [0.25, 0.3) is 0 Å². The molecule has 0 aliphatic carbocycles. The van der Waals surface area contributed by atoms with E-state index in [0.29, 0.717) is 0 Å². The van der Waals surface area contributed by atoms with Crippen molar-refractivity contribution >= 4 is 0 Å². The van der Waals surface area contributed by atoms with Crippen molar-refractivity contribution in [2.24, 2.45) is 0 Å². The topological polar surface area (TPSA) is 189 Å². The van der Waals surface area contributed by atoms with E-state index in [-0.39, 0.29) is 113 Å². The minimum Gasteiger partial charge on any atom is -0.412 e. The first-order chi connectivity index (χ1) is 0. The van der Waals surface area contributed by atoms with Crippen molar-refractivity contribution in [2.45, 2.75) is 0 Å². The van der Waals surface area contributed by atoms with Crippen LogP contribution < -0.4 is 59.1 Å². The van der Waals surface area contributed by atoms with Crippen LogP contribution in [-0.2, 0) is 21.1 Å². The Balaban J connectivity index is 0. The number of hydrogen-bond acceptors (Lipinski definition) is 0. The molecule has 0 aliphatic rings. The Kier molecular flexibility index (Phi) is 3600. The molecule has 0 aromatic rings. The van der Waals surface area contributed by atoms with Crippen LogP contribution in [-0.4, -0.2) is 32.9 Å². The molecular weight excluding hydrogens is 238 g/mol. The van der Waals surface area contributed by atoms with Crippen LogP contribution in [0.4, 0.5) is 0 Å². The van der Waals surface area contributed by atoms with Crippen molar-refractivity contribution in [1.82, 2.24) is 0 Å².